The lowest BCUT2D eigenvalue weighted by atomic mass is 10.0. The topological polar surface area (TPSA) is 75.6 Å². The molecule has 3 rings (SSSR count). The molecule has 0 aliphatic carbocycles. The standard InChI is InChI=1S/C18H22ClN3O3/c1-11-5-3-4-8-22(11)10-15(23)21-16-13-9-12(19)6-7-14(13)20-17(16)18(24)25-2/h6-7,9,11,20H,3-5,8,10H2,1-2H3,(H,21,23)/p+1/t11-/m1/s1. The van der Waals surface area contributed by atoms with Gasteiger partial charge >= 0.3 is 5.97 Å². The van der Waals surface area contributed by atoms with E-state index in [1.165, 1.54) is 18.4 Å². The lowest BCUT2D eigenvalue weighted by molar-refractivity contribution is -0.920. The molecule has 6 nitrogen and oxygen atoms in total. The summed E-state index contributed by atoms with van der Waals surface area (Å²) in [7, 11) is 1.31. The van der Waals surface area contributed by atoms with Crippen LogP contribution in [0.3, 0.4) is 0 Å². The number of esters is 1. The molecule has 1 aliphatic heterocycles. The van der Waals surface area contributed by atoms with Crippen molar-refractivity contribution in [2.24, 2.45) is 0 Å². The molecule has 1 aliphatic rings. The van der Waals surface area contributed by atoms with Gasteiger partial charge in [-0.1, -0.05) is 11.6 Å². The van der Waals surface area contributed by atoms with E-state index >= 15 is 0 Å². The van der Waals surface area contributed by atoms with Crippen molar-refractivity contribution in [2.45, 2.75) is 32.2 Å². The Morgan fingerprint density at radius 2 is 2.20 bits per heavy atom. The van der Waals surface area contributed by atoms with Crippen LogP contribution in [0.1, 0.15) is 36.7 Å². The molecule has 1 aromatic heterocycles. The summed E-state index contributed by atoms with van der Waals surface area (Å²) in [5.74, 6) is -0.643. The second-order valence-electron chi connectivity index (χ2n) is 6.59. The number of hydrogen-bond donors (Lipinski definition) is 3. The SMILES string of the molecule is COC(=O)c1[nH]c2ccc(Cl)cc2c1NC(=O)C[NH+]1CCCC[C@H]1C. The molecule has 1 unspecified atom stereocenters. The largest absolute Gasteiger partial charge is 0.464 e. The molecule has 0 bridgehead atoms. The number of halogens is 1. The number of fused-ring (bicyclic) bond motifs is 1. The molecule has 7 heteroatoms. The summed E-state index contributed by atoms with van der Waals surface area (Å²) < 4.78 is 4.83. The molecular formula is C18H23ClN3O3+. The highest BCUT2D eigenvalue weighted by Crippen LogP contribution is 2.30. The summed E-state index contributed by atoms with van der Waals surface area (Å²) in [5, 5.41) is 4.13. The van der Waals surface area contributed by atoms with Crippen molar-refractivity contribution in [3.8, 4) is 0 Å². The van der Waals surface area contributed by atoms with Gasteiger partial charge in [-0.2, -0.15) is 0 Å². The number of quaternary nitrogens is 1. The van der Waals surface area contributed by atoms with Gasteiger partial charge in [0.15, 0.2) is 6.54 Å². The van der Waals surface area contributed by atoms with E-state index in [9.17, 15) is 9.59 Å². The van der Waals surface area contributed by atoms with Crippen LogP contribution in [0, 0.1) is 0 Å². The molecule has 1 fully saturated rings. The van der Waals surface area contributed by atoms with Crippen molar-refractivity contribution >= 4 is 40.1 Å². The van der Waals surface area contributed by atoms with Crippen LogP contribution >= 0.6 is 11.6 Å². The Kier molecular flexibility index (Phi) is 5.30. The van der Waals surface area contributed by atoms with Crippen molar-refractivity contribution in [3.63, 3.8) is 0 Å². The van der Waals surface area contributed by atoms with Crippen LogP contribution in [0.15, 0.2) is 18.2 Å². The third kappa shape index (κ3) is 3.80. The van der Waals surface area contributed by atoms with Gasteiger partial charge in [-0.15, -0.1) is 0 Å². The number of aromatic amines is 1. The number of nitrogens with one attached hydrogen (secondary N) is 3. The minimum atomic E-state index is -0.527. The first kappa shape index (κ1) is 17.8. The molecule has 2 atom stereocenters. The Morgan fingerprint density at radius 1 is 1.40 bits per heavy atom. The Labute approximate surface area is 151 Å². The Morgan fingerprint density at radius 3 is 2.92 bits per heavy atom. The van der Waals surface area contributed by atoms with E-state index in [2.05, 4.69) is 17.2 Å². The molecule has 134 valence electrons. The molecule has 1 amide bonds. The Balaban J connectivity index is 1.87. The van der Waals surface area contributed by atoms with Gasteiger partial charge in [0.2, 0.25) is 0 Å². The number of amides is 1. The van der Waals surface area contributed by atoms with E-state index in [0.29, 0.717) is 28.7 Å². The number of hydrogen-bond acceptors (Lipinski definition) is 3. The minimum absolute atomic E-state index is 0.116. The van der Waals surface area contributed by atoms with Gasteiger partial charge < -0.3 is 19.9 Å². The van der Waals surface area contributed by atoms with Crippen LogP contribution in [0.4, 0.5) is 5.69 Å². The van der Waals surface area contributed by atoms with Crippen LogP contribution in [0.25, 0.3) is 10.9 Å². The number of carbonyl (C=O) groups excluding carboxylic acids is 2. The van der Waals surface area contributed by atoms with E-state index in [1.807, 2.05) is 0 Å². The fourth-order valence-electron chi connectivity index (χ4n) is 3.45. The van der Waals surface area contributed by atoms with E-state index in [-0.39, 0.29) is 11.6 Å². The number of benzene rings is 1. The molecule has 0 saturated carbocycles. The monoisotopic (exact) mass is 364 g/mol. The maximum Gasteiger partial charge on any atom is 0.356 e. The Hall–Kier alpha value is -2.05. The summed E-state index contributed by atoms with van der Waals surface area (Å²) in [5.41, 5.74) is 1.38. The molecule has 2 aromatic rings. The molecule has 1 saturated heterocycles. The lowest BCUT2D eigenvalue weighted by Crippen LogP contribution is -3.17. The zero-order valence-electron chi connectivity index (χ0n) is 14.4. The zero-order valence-corrected chi connectivity index (χ0v) is 15.2. The summed E-state index contributed by atoms with van der Waals surface area (Å²) in [4.78, 5) is 28.9. The normalized spacial score (nSPS) is 20.4. The number of rotatable bonds is 4. The average molecular weight is 365 g/mol. The fourth-order valence-corrected chi connectivity index (χ4v) is 3.63. The van der Waals surface area contributed by atoms with E-state index in [1.54, 1.807) is 18.2 Å². The average Bonchev–Trinajstić information content (AvgIpc) is 2.94. The molecule has 1 aromatic carbocycles. The highest BCUT2D eigenvalue weighted by Gasteiger charge is 2.26. The number of ether oxygens (including phenoxy) is 1. The third-order valence-electron chi connectivity index (χ3n) is 4.88. The van der Waals surface area contributed by atoms with Crippen LogP contribution in [-0.2, 0) is 9.53 Å². The number of carbonyl (C=O) groups is 2. The Bertz CT molecular complexity index is 802. The number of likely N-dealkylation sites (tertiary alicyclic amines) is 1. The summed E-state index contributed by atoms with van der Waals surface area (Å²) in [6, 6.07) is 5.70. The van der Waals surface area contributed by atoms with Crippen LogP contribution < -0.4 is 10.2 Å². The van der Waals surface area contributed by atoms with E-state index < -0.39 is 5.97 Å². The van der Waals surface area contributed by atoms with Gasteiger partial charge in [0.1, 0.15) is 5.69 Å². The molecule has 0 spiro atoms. The molecule has 2 heterocycles. The lowest BCUT2D eigenvalue weighted by Gasteiger charge is -2.29. The smallest absolute Gasteiger partial charge is 0.356 e. The number of aromatic nitrogens is 1. The van der Waals surface area contributed by atoms with Crippen LogP contribution in [0.2, 0.25) is 5.02 Å². The van der Waals surface area contributed by atoms with Crippen molar-refractivity contribution in [2.75, 3.05) is 25.5 Å². The predicted octanol–water partition coefficient (Wildman–Crippen LogP) is 2.00. The molecule has 3 N–H and O–H groups in total. The van der Waals surface area contributed by atoms with E-state index in [0.717, 1.165) is 24.9 Å². The third-order valence-corrected chi connectivity index (χ3v) is 5.12. The second kappa shape index (κ2) is 7.45. The quantitative estimate of drug-likeness (QED) is 0.726. The van der Waals surface area contributed by atoms with E-state index in [4.69, 9.17) is 16.3 Å². The van der Waals surface area contributed by atoms with Crippen LogP contribution in [0.5, 0.6) is 0 Å². The van der Waals surface area contributed by atoms with Gasteiger partial charge in [-0.05, 0) is 44.4 Å². The first-order valence-electron chi connectivity index (χ1n) is 8.53. The van der Waals surface area contributed by atoms with Gasteiger partial charge in [-0.25, -0.2) is 4.79 Å². The first-order valence-corrected chi connectivity index (χ1v) is 8.91. The number of H-pyrrole nitrogens is 1. The summed E-state index contributed by atoms with van der Waals surface area (Å²) in [6.07, 6.45) is 3.50. The number of anilines is 1. The second-order valence-corrected chi connectivity index (χ2v) is 7.02. The number of methoxy groups -OCH3 is 1. The maximum absolute atomic E-state index is 12.6. The zero-order chi connectivity index (χ0) is 18.0. The molecule has 25 heavy (non-hydrogen) atoms. The van der Waals surface area contributed by atoms with Crippen molar-refractivity contribution in [1.29, 1.82) is 0 Å². The van der Waals surface area contributed by atoms with Gasteiger partial charge in [0, 0.05) is 15.9 Å². The highest BCUT2D eigenvalue weighted by molar-refractivity contribution is 6.31. The predicted molar refractivity (Wildman–Crippen MR) is 97.3 cm³/mol. The molecular weight excluding hydrogens is 342 g/mol. The van der Waals surface area contributed by atoms with Crippen molar-refractivity contribution in [3.05, 3.63) is 28.9 Å². The van der Waals surface area contributed by atoms with Crippen molar-refractivity contribution in [1.82, 2.24) is 4.98 Å². The highest BCUT2D eigenvalue weighted by atomic mass is 35.5. The maximum atomic E-state index is 12.6. The van der Waals surface area contributed by atoms with Crippen LogP contribution in [-0.4, -0.2) is 43.1 Å². The van der Waals surface area contributed by atoms with Gasteiger partial charge in [0.05, 0.1) is 25.4 Å². The fraction of sp³-hybridized carbons (Fsp3) is 0.444. The minimum Gasteiger partial charge on any atom is -0.464 e. The van der Waals surface area contributed by atoms with Gasteiger partial charge in [-0.3, -0.25) is 4.79 Å². The summed E-state index contributed by atoms with van der Waals surface area (Å²) in [6.45, 7) is 3.56. The van der Waals surface area contributed by atoms with Crippen molar-refractivity contribution < 1.29 is 19.2 Å². The molecule has 0 radical (unpaired) electrons. The number of piperidine rings is 1. The summed E-state index contributed by atoms with van der Waals surface area (Å²) >= 11 is 6.08. The van der Waals surface area contributed by atoms with Gasteiger partial charge in [0.25, 0.3) is 5.91 Å². The first-order chi connectivity index (χ1) is 12.0.